The van der Waals surface area contributed by atoms with E-state index in [4.69, 9.17) is 4.74 Å². The molecule has 1 aliphatic rings. The SMILES string of the molecule is Cc1ccc(S(=O)(=O)N2CCCCC2)cc1NC(=O)COC(=O)c1sccc1-n1cnnn1. The molecule has 0 saturated carbocycles. The van der Waals surface area contributed by atoms with Gasteiger partial charge < -0.3 is 10.1 Å². The first-order valence-electron chi connectivity index (χ1n) is 10.2. The molecule has 1 saturated heterocycles. The van der Waals surface area contributed by atoms with E-state index in [1.165, 1.54) is 27.4 Å². The number of aryl methyl sites for hydroxylation is 1. The molecule has 0 atom stereocenters. The molecule has 1 N–H and O–H groups in total. The van der Waals surface area contributed by atoms with E-state index < -0.39 is 28.5 Å². The standard InChI is InChI=1S/C20H22N6O5S2/c1-14-5-6-15(33(29,30)25-8-3-2-4-9-25)11-16(14)22-18(27)12-31-20(28)19-17(7-10-32-19)26-13-21-23-24-26/h5-7,10-11,13H,2-4,8-9,12H2,1H3,(H,22,27). The Morgan fingerprint density at radius 3 is 2.70 bits per heavy atom. The number of nitrogens with zero attached hydrogens (tertiary/aromatic N) is 5. The third-order valence-corrected chi connectivity index (χ3v) is 7.97. The summed E-state index contributed by atoms with van der Waals surface area (Å²) in [5, 5.41) is 15.1. The summed E-state index contributed by atoms with van der Waals surface area (Å²) in [5.74, 6) is -1.27. The first kappa shape index (κ1) is 23.0. The van der Waals surface area contributed by atoms with Gasteiger partial charge in [0.1, 0.15) is 11.2 Å². The molecule has 3 aromatic rings. The molecular weight excluding hydrogens is 468 g/mol. The highest BCUT2D eigenvalue weighted by Crippen LogP contribution is 2.25. The zero-order chi connectivity index (χ0) is 23.4. The summed E-state index contributed by atoms with van der Waals surface area (Å²) in [7, 11) is -3.64. The van der Waals surface area contributed by atoms with Crippen LogP contribution in [0.15, 0.2) is 40.9 Å². The predicted octanol–water partition coefficient (Wildman–Crippen LogP) is 2.00. The number of anilines is 1. The number of carbonyl (C=O) groups excluding carboxylic acids is 2. The highest BCUT2D eigenvalue weighted by Gasteiger charge is 2.26. The molecule has 1 amide bonds. The lowest BCUT2D eigenvalue weighted by molar-refractivity contribution is -0.119. The van der Waals surface area contributed by atoms with E-state index in [-0.39, 0.29) is 9.77 Å². The van der Waals surface area contributed by atoms with Crippen LogP contribution in [0.3, 0.4) is 0 Å². The topological polar surface area (TPSA) is 136 Å². The Bertz CT molecular complexity index is 1250. The molecule has 3 heterocycles. The number of hydrogen-bond donors (Lipinski definition) is 1. The molecule has 0 radical (unpaired) electrons. The Kier molecular flexibility index (Phi) is 6.81. The molecule has 1 aromatic carbocycles. The summed E-state index contributed by atoms with van der Waals surface area (Å²) in [6, 6.07) is 6.28. The third-order valence-electron chi connectivity index (χ3n) is 5.20. The molecule has 0 spiro atoms. The first-order valence-corrected chi connectivity index (χ1v) is 12.6. The minimum atomic E-state index is -3.64. The number of esters is 1. The van der Waals surface area contributed by atoms with Crippen LogP contribution in [0.4, 0.5) is 5.69 Å². The lowest BCUT2D eigenvalue weighted by atomic mass is 10.2. The molecule has 0 bridgehead atoms. The van der Waals surface area contributed by atoms with E-state index >= 15 is 0 Å². The van der Waals surface area contributed by atoms with E-state index in [1.807, 2.05) is 0 Å². The molecule has 13 heteroatoms. The van der Waals surface area contributed by atoms with E-state index in [1.54, 1.807) is 24.4 Å². The van der Waals surface area contributed by atoms with Crippen LogP contribution in [0.5, 0.6) is 0 Å². The number of ether oxygens (including phenoxy) is 1. The normalized spacial score (nSPS) is 14.7. The van der Waals surface area contributed by atoms with Gasteiger partial charge >= 0.3 is 5.97 Å². The maximum Gasteiger partial charge on any atom is 0.351 e. The number of rotatable bonds is 7. The monoisotopic (exact) mass is 490 g/mol. The van der Waals surface area contributed by atoms with Crippen molar-refractivity contribution < 1.29 is 22.7 Å². The van der Waals surface area contributed by atoms with Gasteiger partial charge in [0.25, 0.3) is 5.91 Å². The lowest BCUT2D eigenvalue weighted by Crippen LogP contribution is -2.35. The average Bonchev–Trinajstić information content (AvgIpc) is 3.51. The van der Waals surface area contributed by atoms with E-state index in [2.05, 4.69) is 20.8 Å². The fourth-order valence-electron chi connectivity index (χ4n) is 3.44. The van der Waals surface area contributed by atoms with Crippen LogP contribution in [0, 0.1) is 6.92 Å². The van der Waals surface area contributed by atoms with Gasteiger partial charge in [-0.2, -0.15) is 8.99 Å². The van der Waals surface area contributed by atoms with Gasteiger partial charge in [-0.3, -0.25) is 4.79 Å². The number of piperidine rings is 1. The average molecular weight is 491 g/mol. The number of hydrogen-bond acceptors (Lipinski definition) is 9. The Balaban J connectivity index is 1.41. The summed E-state index contributed by atoms with van der Waals surface area (Å²) in [5.41, 5.74) is 1.48. The summed E-state index contributed by atoms with van der Waals surface area (Å²) in [6.45, 7) is 2.20. The van der Waals surface area contributed by atoms with E-state index in [9.17, 15) is 18.0 Å². The molecule has 0 unspecified atom stereocenters. The van der Waals surface area contributed by atoms with Crippen molar-refractivity contribution in [3.63, 3.8) is 0 Å². The summed E-state index contributed by atoms with van der Waals surface area (Å²) >= 11 is 1.14. The molecule has 33 heavy (non-hydrogen) atoms. The molecule has 174 valence electrons. The fourth-order valence-corrected chi connectivity index (χ4v) is 5.76. The van der Waals surface area contributed by atoms with E-state index in [0.717, 1.165) is 30.6 Å². The lowest BCUT2D eigenvalue weighted by Gasteiger charge is -2.26. The molecule has 0 aliphatic carbocycles. The van der Waals surface area contributed by atoms with Crippen molar-refractivity contribution in [2.24, 2.45) is 0 Å². The van der Waals surface area contributed by atoms with Crippen LogP contribution in [-0.2, 0) is 19.6 Å². The summed E-state index contributed by atoms with van der Waals surface area (Å²) < 4.78 is 33.8. The Labute approximate surface area is 194 Å². The Morgan fingerprint density at radius 1 is 1.18 bits per heavy atom. The highest BCUT2D eigenvalue weighted by atomic mass is 32.2. The largest absolute Gasteiger partial charge is 0.451 e. The van der Waals surface area contributed by atoms with Crippen molar-refractivity contribution in [2.45, 2.75) is 31.1 Å². The van der Waals surface area contributed by atoms with Crippen molar-refractivity contribution >= 4 is 38.9 Å². The third kappa shape index (κ3) is 5.10. The van der Waals surface area contributed by atoms with Crippen molar-refractivity contribution in [2.75, 3.05) is 25.0 Å². The van der Waals surface area contributed by atoms with Crippen LogP contribution >= 0.6 is 11.3 Å². The number of thiophene rings is 1. The summed E-state index contributed by atoms with van der Waals surface area (Å²) in [4.78, 5) is 25.2. The van der Waals surface area contributed by atoms with Crippen LogP contribution in [0.1, 0.15) is 34.5 Å². The van der Waals surface area contributed by atoms with Gasteiger partial charge in [-0.15, -0.1) is 16.4 Å². The second-order valence-corrected chi connectivity index (χ2v) is 10.3. The van der Waals surface area contributed by atoms with Crippen LogP contribution in [-0.4, -0.2) is 64.5 Å². The maximum absolute atomic E-state index is 12.9. The second kappa shape index (κ2) is 9.77. The van der Waals surface area contributed by atoms with Crippen LogP contribution in [0.2, 0.25) is 0 Å². The Morgan fingerprint density at radius 2 is 1.97 bits per heavy atom. The first-order chi connectivity index (χ1) is 15.9. The molecule has 1 aliphatic heterocycles. The smallest absolute Gasteiger partial charge is 0.351 e. The number of nitrogens with one attached hydrogen (secondary N) is 1. The number of amides is 1. The van der Waals surface area contributed by atoms with Gasteiger partial charge in [-0.1, -0.05) is 12.5 Å². The maximum atomic E-state index is 12.9. The highest BCUT2D eigenvalue weighted by molar-refractivity contribution is 7.89. The number of benzene rings is 1. The number of sulfonamides is 1. The van der Waals surface area contributed by atoms with Gasteiger partial charge in [0, 0.05) is 18.8 Å². The van der Waals surface area contributed by atoms with Crippen LogP contribution in [0.25, 0.3) is 5.69 Å². The quantitative estimate of drug-likeness (QED) is 0.497. The van der Waals surface area contributed by atoms with Crippen LogP contribution < -0.4 is 5.32 Å². The van der Waals surface area contributed by atoms with Gasteiger partial charge in [0.15, 0.2) is 6.61 Å². The zero-order valence-corrected chi connectivity index (χ0v) is 19.4. The number of tetrazole rings is 1. The molecule has 11 nitrogen and oxygen atoms in total. The van der Waals surface area contributed by atoms with Gasteiger partial charge in [0.2, 0.25) is 10.0 Å². The molecule has 1 fully saturated rings. The van der Waals surface area contributed by atoms with Crippen molar-refractivity contribution in [3.05, 3.63) is 46.4 Å². The fraction of sp³-hybridized carbons (Fsp3) is 0.350. The Hall–Kier alpha value is -3.16. The van der Waals surface area contributed by atoms with Gasteiger partial charge in [0.05, 0.1) is 10.6 Å². The molecular formula is C20H22N6O5S2. The zero-order valence-electron chi connectivity index (χ0n) is 17.8. The number of carbonyl (C=O) groups is 2. The predicted molar refractivity (Wildman–Crippen MR) is 120 cm³/mol. The second-order valence-electron chi connectivity index (χ2n) is 7.46. The van der Waals surface area contributed by atoms with Gasteiger partial charge in [-0.25, -0.2) is 13.2 Å². The van der Waals surface area contributed by atoms with E-state index in [0.29, 0.717) is 30.0 Å². The van der Waals surface area contributed by atoms with Gasteiger partial charge in [-0.05, 0) is 59.3 Å². The van der Waals surface area contributed by atoms with Crippen molar-refractivity contribution in [1.29, 1.82) is 0 Å². The molecule has 4 rings (SSSR count). The minimum Gasteiger partial charge on any atom is -0.451 e. The molecule has 2 aromatic heterocycles. The number of aromatic nitrogens is 4. The summed E-state index contributed by atoms with van der Waals surface area (Å²) in [6.07, 6.45) is 4.03. The van der Waals surface area contributed by atoms with Crippen molar-refractivity contribution in [3.8, 4) is 5.69 Å². The minimum absolute atomic E-state index is 0.118. The van der Waals surface area contributed by atoms with Crippen molar-refractivity contribution in [1.82, 2.24) is 24.5 Å².